The van der Waals surface area contributed by atoms with Crippen LogP contribution < -0.4 is 0 Å². The van der Waals surface area contributed by atoms with Crippen molar-refractivity contribution >= 4 is 6.29 Å². The van der Waals surface area contributed by atoms with Crippen LogP contribution in [-0.4, -0.2) is 6.29 Å². The van der Waals surface area contributed by atoms with Gasteiger partial charge in [-0.05, 0) is 73.0 Å². The molecule has 9 unspecified atom stereocenters. The fourth-order valence-corrected chi connectivity index (χ4v) is 6.68. The topological polar surface area (TPSA) is 17.1 Å². The zero-order chi connectivity index (χ0) is 14.1. The Morgan fingerprint density at radius 2 is 1.85 bits per heavy atom. The summed E-state index contributed by atoms with van der Waals surface area (Å²) in [5.41, 5.74) is 0.000777. The molecular weight excluding hydrogens is 244 g/mol. The minimum absolute atomic E-state index is 0.000777. The van der Waals surface area contributed by atoms with Crippen molar-refractivity contribution in [3.8, 4) is 0 Å². The largest absolute Gasteiger partial charge is 0.303 e. The molecule has 4 bridgehead atoms. The Hall–Kier alpha value is -0.590. The van der Waals surface area contributed by atoms with Gasteiger partial charge in [0.15, 0.2) is 0 Å². The predicted octanol–water partition coefficient (Wildman–Crippen LogP) is 4.33. The van der Waals surface area contributed by atoms with Crippen LogP contribution in [0.1, 0.15) is 46.5 Å². The Morgan fingerprint density at radius 1 is 1.10 bits per heavy atom. The van der Waals surface area contributed by atoms with Crippen molar-refractivity contribution in [2.24, 2.45) is 52.8 Å². The van der Waals surface area contributed by atoms with Gasteiger partial charge >= 0.3 is 0 Å². The van der Waals surface area contributed by atoms with E-state index in [9.17, 15) is 4.79 Å². The van der Waals surface area contributed by atoms with E-state index in [2.05, 4.69) is 32.9 Å². The van der Waals surface area contributed by atoms with Crippen molar-refractivity contribution < 1.29 is 4.79 Å². The van der Waals surface area contributed by atoms with E-state index in [-0.39, 0.29) is 5.41 Å². The number of hydrogen-bond acceptors (Lipinski definition) is 1. The van der Waals surface area contributed by atoms with E-state index < -0.39 is 0 Å². The molecule has 0 heterocycles. The van der Waals surface area contributed by atoms with Gasteiger partial charge in [0, 0.05) is 5.41 Å². The van der Waals surface area contributed by atoms with Gasteiger partial charge in [-0.25, -0.2) is 0 Å². The van der Waals surface area contributed by atoms with Gasteiger partial charge in [-0.3, -0.25) is 0 Å². The highest BCUT2D eigenvalue weighted by molar-refractivity contribution is 5.60. The number of fused-ring (bicyclic) bond motifs is 4. The molecule has 0 radical (unpaired) electrons. The van der Waals surface area contributed by atoms with Crippen molar-refractivity contribution in [1.29, 1.82) is 0 Å². The Morgan fingerprint density at radius 3 is 2.45 bits per heavy atom. The molecule has 3 saturated carbocycles. The van der Waals surface area contributed by atoms with Gasteiger partial charge in [0.05, 0.1) is 0 Å². The third-order valence-electron chi connectivity index (χ3n) is 7.89. The van der Waals surface area contributed by atoms with Crippen molar-refractivity contribution in [2.45, 2.75) is 46.5 Å². The van der Waals surface area contributed by atoms with Gasteiger partial charge in [-0.2, -0.15) is 0 Å². The molecule has 9 atom stereocenters. The predicted molar refractivity (Wildman–Crippen MR) is 81.0 cm³/mol. The first kappa shape index (κ1) is 13.1. The first-order valence-electron chi connectivity index (χ1n) is 8.68. The molecule has 0 aliphatic heterocycles. The van der Waals surface area contributed by atoms with Gasteiger partial charge in [-0.15, -0.1) is 0 Å². The molecule has 0 saturated heterocycles. The smallest absolute Gasteiger partial charge is 0.126 e. The summed E-state index contributed by atoms with van der Waals surface area (Å²) < 4.78 is 0. The maximum absolute atomic E-state index is 11.5. The molecule has 4 aliphatic carbocycles. The molecule has 4 aliphatic rings. The van der Waals surface area contributed by atoms with E-state index in [4.69, 9.17) is 0 Å². The molecule has 0 spiro atoms. The number of carbonyl (C=O) groups is 1. The van der Waals surface area contributed by atoms with Crippen LogP contribution in [0.3, 0.4) is 0 Å². The van der Waals surface area contributed by atoms with Gasteiger partial charge < -0.3 is 4.79 Å². The van der Waals surface area contributed by atoms with Crippen LogP contribution in [0.25, 0.3) is 0 Å². The van der Waals surface area contributed by atoms with E-state index in [1.54, 1.807) is 0 Å². The van der Waals surface area contributed by atoms with Gasteiger partial charge in [0.1, 0.15) is 6.29 Å². The summed E-state index contributed by atoms with van der Waals surface area (Å²) in [4.78, 5) is 11.5. The molecule has 0 aromatic heterocycles. The van der Waals surface area contributed by atoms with Crippen molar-refractivity contribution in [3.05, 3.63) is 12.2 Å². The second-order valence-corrected chi connectivity index (χ2v) is 8.66. The van der Waals surface area contributed by atoms with Crippen molar-refractivity contribution in [3.63, 3.8) is 0 Å². The van der Waals surface area contributed by atoms with Crippen LogP contribution in [0.4, 0.5) is 0 Å². The summed E-state index contributed by atoms with van der Waals surface area (Å²) in [7, 11) is 0. The van der Waals surface area contributed by atoms with Crippen molar-refractivity contribution in [1.82, 2.24) is 0 Å². The summed E-state index contributed by atoms with van der Waals surface area (Å²) >= 11 is 0. The molecule has 1 nitrogen and oxygen atoms in total. The zero-order valence-electron chi connectivity index (χ0n) is 13.1. The quantitative estimate of drug-likeness (QED) is 0.552. The molecule has 0 aromatic carbocycles. The Kier molecular flexibility index (Phi) is 2.76. The Balaban J connectivity index is 1.50. The minimum atomic E-state index is 0.000777. The first-order valence-corrected chi connectivity index (χ1v) is 8.68. The van der Waals surface area contributed by atoms with Crippen LogP contribution in [0.5, 0.6) is 0 Å². The highest BCUT2D eigenvalue weighted by Crippen LogP contribution is 2.63. The molecule has 4 rings (SSSR count). The Bertz CT molecular complexity index is 451. The summed E-state index contributed by atoms with van der Waals surface area (Å²) in [5, 5.41) is 0. The maximum atomic E-state index is 11.5. The number of aldehydes is 1. The third kappa shape index (κ3) is 1.58. The lowest BCUT2D eigenvalue weighted by Crippen LogP contribution is -2.36. The summed E-state index contributed by atoms with van der Waals surface area (Å²) in [6.45, 7) is 7.12. The van der Waals surface area contributed by atoms with Gasteiger partial charge in [0.25, 0.3) is 0 Å². The van der Waals surface area contributed by atoms with Gasteiger partial charge in [0.2, 0.25) is 0 Å². The molecule has 110 valence electrons. The normalized spacial score (nSPS) is 59.5. The number of allylic oxidation sites excluding steroid dienone is 2. The van der Waals surface area contributed by atoms with E-state index in [1.165, 1.54) is 32.0 Å². The zero-order valence-corrected chi connectivity index (χ0v) is 13.1. The van der Waals surface area contributed by atoms with Crippen LogP contribution >= 0.6 is 0 Å². The molecule has 0 N–H and O–H groups in total. The van der Waals surface area contributed by atoms with E-state index in [1.807, 2.05) is 0 Å². The third-order valence-corrected chi connectivity index (χ3v) is 7.89. The molecule has 0 aromatic rings. The second-order valence-electron chi connectivity index (χ2n) is 8.66. The summed E-state index contributed by atoms with van der Waals surface area (Å²) in [6.07, 6.45) is 11.6. The van der Waals surface area contributed by atoms with E-state index >= 15 is 0 Å². The SMILES string of the molecule is CC1C2C=CC(C2)C1CC1C2CC(C1C)C(C)(C=O)C2. The van der Waals surface area contributed by atoms with Crippen LogP contribution in [0.2, 0.25) is 0 Å². The average Bonchev–Trinajstić information content (AvgIpc) is 3.14. The monoisotopic (exact) mass is 272 g/mol. The summed E-state index contributed by atoms with van der Waals surface area (Å²) in [6, 6.07) is 0. The molecule has 0 amide bonds. The molecule has 3 fully saturated rings. The highest BCUT2D eigenvalue weighted by Gasteiger charge is 2.57. The average molecular weight is 272 g/mol. The number of carbonyl (C=O) groups excluding carboxylic acids is 1. The molecular formula is C19H28O. The standard InChI is InChI=1S/C19H28O/c1-11-13-4-5-14(6-13)16(11)8-17-12(2)18-7-15(17)9-19(18,3)10-20/h4-5,10-18H,6-9H2,1-3H3. The highest BCUT2D eigenvalue weighted by atomic mass is 16.1. The van der Waals surface area contributed by atoms with Crippen LogP contribution in [-0.2, 0) is 4.79 Å². The van der Waals surface area contributed by atoms with Crippen LogP contribution in [0.15, 0.2) is 12.2 Å². The lowest BCUT2D eigenvalue weighted by Gasteiger charge is -2.40. The Labute approximate surface area is 123 Å². The maximum Gasteiger partial charge on any atom is 0.126 e. The number of hydrogen-bond donors (Lipinski definition) is 0. The van der Waals surface area contributed by atoms with E-state index in [0.717, 1.165) is 41.4 Å². The summed E-state index contributed by atoms with van der Waals surface area (Å²) in [5.74, 6) is 6.73. The fraction of sp³-hybridized carbons (Fsp3) is 0.842. The fourth-order valence-electron chi connectivity index (χ4n) is 6.68. The molecule has 20 heavy (non-hydrogen) atoms. The van der Waals surface area contributed by atoms with Crippen LogP contribution in [0, 0.1) is 52.8 Å². The second kappa shape index (κ2) is 4.21. The minimum Gasteiger partial charge on any atom is -0.303 e. The van der Waals surface area contributed by atoms with Crippen molar-refractivity contribution in [2.75, 3.05) is 0 Å². The lowest BCUT2D eigenvalue weighted by molar-refractivity contribution is -0.119. The van der Waals surface area contributed by atoms with Gasteiger partial charge in [-0.1, -0.05) is 32.9 Å². The van der Waals surface area contributed by atoms with E-state index in [0.29, 0.717) is 5.92 Å². The number of rotatable bonds is 3. The lowest BCUT2D eigenvalue weighted by atomic mass is 9.64. The molecule has 1 heteroatoms. The first-order chi connectivity index (χ1) is 9.53.